The fourth-order valence-electron chi connectivity index (χ4n) is 2.34. The molecule has 100 valence electrons. The van der Waals surface area contributed by atoms with Crippen molar-refractivity contribution >= 4 is 5.97 Å². The lowest BCUT2D eigenvalue weighted by atomic mass is 9.99. The fourth-order valence-corrected chi connectivity index (χ4v) is 2.34. The molecule has 1 aliphatic rings. The number of hydrogen-bond donors (Lipinski definition) is 0. The maximum Gasteiger partial charge on any atom is 0.310 e. The Morgan fingerprint density at radius 3 is 2.78 bits per heavy atom. The summed E-state index contributed by atoms with van der Waals surface area (Å²) in [5, 5.41) is 7.92. The van der Waals surface area contributed by atoms with Gasteiger partial charge in [0.05, 0.1) is 19.6 Å². The number of rotatable bonds is 4. The van der Waals surface area contributed by atoms with Gasteiger partial charge in [-0.25, -0.2) is 0 Å². The first-order valence-electron chi connectivity index (χ1n) is 6.25. The Balaban J connectivity index is 1.94. The molecule has 0 radical (unpaired) electrons. The second-order valence-electron chi connectivity index (χ2n) is 4.74. The van der Waals surface area contributed by atoms with E-state index in [0.717, 1.165) is 13.0 Å². The van der Waals surface area contributed by atoms with Gasteiger partial charge in [-0.3, -0.25) is 9.69 Å². The van der Waals surface area contributed by atoms with E-state index < -0.39 is 0 Å². The lowest BCUT2D eigenvalue weighted by Gasteiger charge is -2.12. The van der Waals surface area contributed by atoms with E-state index >= 15 is 0 Å². The molecular formula is C12H19N3O3. The Hall–Kier alpha value is -1.43. The number of carbonyl (C=O) groups is 1. The van der Waals surface area contributed by atoms with Crippen molar-refractivity contribution in [1.82, 2.24) is 15.1 Å². The highest BCUT2D eigenvalue weighted by Crippen LogP contribution is 2.25. The predicted octanol–water partition coefficient (Wildman–Crippen LogP) is 0.873. The minimum absolute atomic E-state index is 0.0523. The third-order valence-electron chi connectivity index (χ3n) is 3.36. The summed E-state index contributed by atoms with van der Waals surface area (Å²) in [6, 6.07) is 0. The Morgan fingerprint density at radius 1 is 1.44 bits per heavy atom. The van der Waals surface area contributed by atoms with Crippen molar-refractivity contribution in [3.8, 4) is 0 Å². The number of ether oxygens (including phenoxy) is 1. The highest BCUT2D eigenvalue weighted by molar-refractivity contribution is 5.73. The standard InChI is InChI=1S/C12H19N3O3/c1-4-10-13-14-11(18-10)7-15-5-8(2)9(6-15)12(16)17-3/h8-9H,4-7H2,1-3H3. The average molecular weight is 253 g/mol. The summed E-state index contributed by atoms with van der Waals surface area (Å²) in [6.07, 6.45) is 0.744. The van der Waals surface area contributed by atoms with E-state index in [1.807, 2.05) is 6.92 Å². The summed E-state index contributed by atoms with van der Waals surface area (Å²) in [5.74, 6) is 1.38. The maximum atomic E-state index is 11.6. The fraction of sp³-hybridized carbons (Fsp3) is 0.750. The number of hydrogen-bond acceptors (Lipinski definition) is 6. The molecule has 0 aliphatic carbocycles. The van der Waals surface area contributed by atoms with Crippen LogP contribution in [0.15, 0.2) is 4.42 Å². The van der Waals surface area contributed by atoms with Crippen molar-refractivity contribution in [2.24, 2.45) is 11.8 Å². The van der Waals surface area contributed by atoms with Crippen molar-refractivity contribution in [2.45, 2.75) is 26.8 Å². The van der Waals surface area contributed by atoms with Gasteiger partial charge in [-0.15, -0.1) is 10.2 Å². The van der Waals surface area contributed by atoms with Gasteiger partial charge in [0.25, 0.3) is 0 Å². The Bertz CT molecular complexity index is 418. The number of methoxy groups -OCH3 is 1. The summed E-state index contributed by atoms with van der Waals surface area (Å²) in [4.78, 5) is 13.7. The highest BCUT2D eigenvalue weighted by atomic mass is 16.5. The van der Waals surface area contributed by atoms with Crippen LogP contribution in [0.25, 0.3) is 0 Å². The molecule has 0 N–H and O–H groups in total. The number of carbonyl (C=O) groups excluding carboxylic acids is 1. The van der Waals surface area contributed by atoms with Gasteiger partial charge in [-0.2, -0.15) is 0 Å². The molecule has 6 nitrogen and oxygen atoms in total. The molecule has 1 aromatic rings. The monoisotopic (exact) mass is 253 g/mol. The third-order valence-corrected chi connectivity index (χ3v) is 3.36. The zero-order valence-electron chi connectivity index (χ0n) is 11.0. The van der Waals surface area contributed by atoms with Gasteiger partial charge in [-0.05, 0) is 5.92 Å². The number of likely N-dealkylation sites (tertiary alicyclic amines) is 1. The molecule has 0 bridgehead atoms. The Labute approximate surface area is 106 Å². The third kappa shape index (κ3) is 2.69. The quantitative estimate of drug-likeness (QED) is 0.742. The van der Waals surface area contributed by atoms with Crippen LogP contribution in [0.3, 0.4) is 0 Å². The highest BCUT2D eigenvalue weighted by Gasteiger charge is 2.35. The normalized spacial score (nSPS) is 24.4. The zero-order chi connectivity index (χ0) is 13.1. The van der Waals surface area contributed by atoms with Crippen LogP contribution < -0.4 is 0 Å². The molecule has 2 unspecified atom stereocenters. The Morgan fingerprint density at radius 2 is 2.17 bits per heavy atom. The molecule has 2 heterocycles. The molecule has 18 heavy (non-hydrogen) atoms. The van der Waals surface area contributed by atoms with Crippen LogP contribution in [0.1, 0.15) is 25.6 Å². The van der Waals surface area contributed by atoms with Crippen molar-refractivity contribution in [3.63, 3.8) is 0 Å². The van der Waals surface area contributed by atoms with E-state index in [4.69, 9.17) is 9.15 Å². The van der Waals surface area contributed by atoms with Gasteiger partial charge in [-0.1, -0.05) is 13.8 Å². The lowest BCUT2D eigenvalue weighted by molar-refractivity contribution is -0.146. The van der Waals surface area contributed by atoms with Crippen molar-refractivity contribution in [1.29, 1.82) is 0 Å². The van der Waals surface area contributed by atoms with E-state index in [1.54, 1.807) is 0 Å². The predicted molar refractivity (Wildman–Crippen MR) is 63.6 cm³/mol. The molecule has 0 saturated carbocycles. The molecule has 0 spiro atoms. The summed E-state index contributed by atoms with van der Waals surface area (Å²) < 4.78 is 10.3. The number of aromatic nitrogens is 2. The number of aryl methyl sites for hydroxylation is 1. The van der Waals surface area contributed by atoms with Crippen LogP contribution in [-0.2, 0) is 22.5 Å². The number of nitrogens with zero attached hydrogens (tertiary/aromatic N) is 3. The molecular weight excluding hydrogens is 234 g/mol. The van der Waals surface area contributed by atoms with Gasteiger partial charge >= 0.3 is 5.97 Å². The minimum Gasteiger partial charge on any atom is -0.469 e. The molecule has 1 saturated heterocycles. The second-order valence-corrected chi connectivity index (χ2v) is 4.74. The van der Waals surface area contributed by atoms with E-state index in [-0.39, 0.29) is 11.9 Å². The molecule has 6 heteroatoms. The topological polar surface area (TPSA) is 68.5 Å². The first-order chi connectivity index (χ1) is 8.63. The summed E-state index contributed by atoms with van der Waals surface area (Å²) >= 11 is 0. The molecule has 2 rings (SSSR count). The van der Waals surface area contributed by atoms with Gasteiger partial charge in [0.2, 0.25) is 11.8 Å². The van der Waals surface area contributed by atoms with Crippen molar-refractivity contribution in [3.05, 3.63) is 11.8 Å². The second kappa shape index (κ2) is 5.48. The van der Waals surface area contributed by atoms with Gasteiger partial charge in [0, 0.05) is 19.5 Å². The summed E-state index contributed by atoms with van der Waals surface area (Å²) in [6.45, 7) is 6.18. The van der Waals surface area contributed by atoms with Crippen molar-refractivity contribution < 1.29 is 13.9 Å². The molecule has 0 aromatic carbocycles. The van der Waals surface area contributed by atoms with Crippen LogP contribution in [0.2, 0.25) is 0 Å². The van der Waals surface area contributed by atoms with Gasteiger partial charge in [0.1, 0.15) is 0 Å². The van der Waals surface area contributed by atoms with Gasteiger partial charge < -0.3 is 9.15 Å². The van der Waals surface area contributed by atoms with Gasteiger partial charge in [0.15, 0.2) is 0 Å². The van der Waals surface area contributed by atoms with E-state index in [9.17, 15) is 4.79 Å². The SMILES string of the molecule is CCc1nnc(CN2CC(C)C(C(=O)OC)C2)o1. The first kappa shape index (κ1) is 13.0. The maximum absolute atomic E-state index is 11.6. The first-order valence-corrected chi connectivity index (χ1v) is 6.25. The summed E-state index contributed by atoms with van der Waals surface area (Å²) in [5.41, 5.74) is 0. The largest absolute Gasteiger partial charge is 0.469 e. The molecule has 0 amide bonds. The molecule has 1 aromatic heterocycles. The molecule has 1 aliphatic heterocycles. The zero-order valence-corrected chi connectivity index (χ0v) is 11.0. The van der Waals surface area contributed by atoms with Crippen molar-refractivity contribution in [2.75, 3.05) is 20.2 Å². The van der Waals surface area contributed by atoms with Crippen LogP contribution in [0.4, 0.5) is 0 Å². The van der Waals surface area contributed by atoms with Crippen LogP contribution in [-0.4, -0.2) is 41.3 Å². The smallest absolute Gasteiger partial charge is 0.310 e. The van der Waals surface area contributed by atoms with Crippen LogP contribution >= 0.6 is 0 Å². The molecule has 1 fully saturated rings. The van der Waals surface area contributed by atoms with E-state index in [1.165, 1.54) is 7.11 Å². The molecule has 2 atom stereocenters. The van der Waals surface area contributed by atoms with E-state index in [0.29, 0.717) is 30.8 Å². The van der Waals surface area contributed by atoms with Crippen LogP contribution in [0.5, 0.6) is 0 Å². The average Bonchev–Trinajstić information content (AvgIpc) is 2.95. The lowest BCUT2D eigenvalue weighted by Crippen LogP contribution is -2.24. The summed E-state index contributed by atoms with van der Waals surface area (Å²) in [7, 11) is 1.43. The van der Waals surface area contributed by atoms with Crippen LogP contribution in [0, 0.1) is 11.8 Å². The Kier molecular flexibility index (Phi) is 3.96. The minimum atomic E-state index is -0.134. The number of esters is 1. The van der Waals surface area contributed by atoms with E-state index in [2.05, 4.69) is 22.0 Å².